The molecule has 1 aliphatic heterocycles. The molecule has 0 spiro atoms. The van der Waals surface area contributed by atoms with E-state index in [4.69, 9.17) is 21.1 Å². The lowest BCUT2D eigenvalue weighted by molar-refractivity contribution is -0.0452. The first-order chi connectivity index (χ1) is 7.84. The topological polar surface area (TPSA) is 31.4 Å². The van der Waals surface area contributed by atoms with Crippen LogP contribution in [0.2, 0.25) is 5.15 Å². The van der Waals surface area contributed by atoms with Crippen LogP contribution in [0.1, 0.15) is 25.0 Å². The molecule has 1 aromatic heterocycles. The van der Waals surface area contributed by atoms with Crippen LogP contribution in [-0.4, -0.2) is 24.3 Å². The van der Waals surface area contributed by atoms with Gasteiger partial charge in [-0.1, -0.05) is 17.7 Å². The molecule has 0 saturated carbocycles. The Morgan fingerprint density at radius 3 is 3.12 bits per heavy atom. The van der Waals surface area contributed by atoms with Crippen molar-refractivity contribution in [3.8, 4) is 0 Å². The molecule has 0 amide bonds. The minimum atomic E-state index is 0.257. The van der Waals surface area contributed by atoms with E-state index in [1.165, 1.54) is 12.8 Å². The van der Waals surface area contributed by atoms with Gasteiger partial charge >= 0.3 is 0 Å². The molecule has 1 atom stereocenters. The van der Waals surface area contributed by atoms with Crippen molar-refractivity contribution in [2.75, 3.05) is 13.2 Å². The molecule has 1 fully saturated rings. The van der Waals surface area contributed by atoms with Gasteiger partial charge in [0.25, 0.3) is 0 Å². The summed E-state index contributed by atoms with van der Waals surface area (Å²) in [6, 6.07) is 5.55. The highest BCUT2D eigenvalue weighted by molar-refractivity contribution is 6.29. The number of hydrogen-bond acceptors (Lipinski definition) is 3. The molecule has 2 rings (SSSR count). The molecule has 1 unspecified atom stereocenters. The van der Waals surface area contributed by atoms with Crippen LogP contribution in [0.15, 0.2) is 18.2 Å². The third-order valence-corrected chi connectivity index (χ3v) is 2.81. The maximum absolute atomic E-state index is 5.78. The number of nitrogens with zero attached hydrogens (tertiary/aromatic N) is 1. The van der Waals surface area contributed by atoms with E-state index in [-0.39, 0.29) is 6.10 Å². The fourth-order valence-electron chi connectivity index (χ4n) is 1.76. The summed E-state index contributed by atoms with van der Waals surface area (Å²) < 4.78 is 11.1. The summed E-state index contributed by atoms with van der Waals surface area (Å²) in [4.78, 5) is 4.16. The summed E-state index contributed by atoms with van der Waals surface area (Å²) in [7, 11) is 0. The maximum atomic E-state index is 5.78. The van der Waals surface area contributed by atoms with Crippen molar-refractivity contribution in [1.29, 1.82) is 0 Å². The highest BCUT2D eigenvalue weighted by Crippen LogP contribution is 2.13. The average Bonchev–Trinajstić information content (AvgIpc) is 2.30. The average molecular weight is 242 g/mol. The summed E-state index contributed by atoms with van der Waals surface area (Å²) in [5.74, 6) is 0. The number of aromatic nitrogens is 1. The molecule has 1 aliphatic rings. The van der Waals surface area contributed by atoms with E-state index >= 15 is 0 Å². The smallest absolute Gasteiger partial charge is 0.129 e. The van der Waals surface area contributed by atoms with Crippen molar-refractivity contribution < 1.29 is 9.47 Å². The quantitative estimate of drug-likeness (QED) is 0.760. The molecule has 0 radical (unpaired) electrons. The summed E-state index contributed by atoms with van der Waals surface area (Å²) in [6.45, 7) is 2.01. The summed E-state index contributed by atoms with van der Waals surface area (Å²) >= 11 is 5.78. The molecular formula is C12H16ClNO2. The van der Waals surface area contributed by atoms with Crippen LogP contribution in [0.25, 0.3) is 0 Å². The lowest BCUT2D eigenvalue weighted by Crippen LogP contribution is -2.24. The third kappa shape index (κ3) is 3.74. The zero-order chi connectivity index (χ0) is 11.2. The second kappa shape index (κ2) is 6.18. The Kier molecular flexibility index (Phi) is 4.57. The van der Waals surface area contributed by atoms with Gasteiger partial charge in [-0.25, -0.2) is 4.98 Å². The van der Waals surface area contributed by atoms with Crippen LogP contribution in [-0.2, 0) is 16.1 Å². The van der Waals surface area contributed by atoms with Crippen molar-refractivity contribution in [2.24, 2.45) is 0 Å². The summed E-state index contributed by atoms with van der Waals surface area (Å²) in [5.41, 5.74) is 0.864. The maximum Gasteiger partial charge on any atom is 0.129 e. The minimum Gasteiger partial charge on any atom is -0.376 e. The Balaban J connectivity index is 1.71. The summed E-state index contributed by atoms with van der Waals surface area (Å²) in [6.07, 6.45) is 3.77. The Bertz CT molecular complexity index is 327. The monoisotopic (exact) mass is 241 g/mol. The van der Waals surface area contributed by atoms with Crippen molar-refractivity contribution in [2.45, 2.75) is 32.0 Å². The zero-order valence-corrected chi connectivity index (χ0v) is 9.95. The standard InChI is InChI=1S/C12H16ClNO2/c13-12-6-3-4-10(14-12)8-15-9-11-5-1-2-7-16-11/h3-4,6,11H,1-2,5,7-9H2. The fraction of sp³-hybridized carbons (Fsp3) is 0.583. The molecule has 0 bridgehead atoms. The largest absolute Gasteiger partial charge is 0.376 e. The second-order valence-electron chi connectivity index (χ2n) is 3.96. The number of hydrogen-bond donors (Lipinski definition) is 0. The van der Waals surface area contributed by atoms with Gasteiger partial charge in [-0.3, -0.25) is 0 Å². The first-order valence-corrected chi connectivity index (χ1v) is 6.03. The van der Waals surface area contributed by atoms with Gasteiger partial charge in [0, 0.05) is 6.61 Å². The van der Waals surface area contributed by atoms with Gasteiger partial charge in [0.2, 0.25) is 0 Å². The molecule has 0 aromatic carbocycles. The Hall–Kier alpha value is -0.640. The van der Waals surface area contributed by atoms with Crippen molar-refractivity contribution >= 4 is 11.6 Å². The predicted molar refractivity (Wildman–Crippen MR) is 62.5 cm³/mol. The van der Waals surface area contributed by atoms with E-state index in [9.17, 15) is 0 Å². The second-order valence-corrected chi connectivity index (χ2v) is 4.34. The van der Waals surface area contributed by atoms with Gasteiger partial charge in [0.05, 0.1) is 25.0 Å². The van der Waals surface area contributed by atoms with Gasteiger partial charge in [-0.2, -0.15) is 0 Å². The first-order valence-electron chi connectivity index (χ1n) is 5.65. The van der Waals surface area contributed by atoms with Crippen LogP contribution < -0.4 is 0 Å². The minimum absolute atomic E-state index is 0.257. The van der Waals surface area contributed by atoms with Crippen LogP contribution in [0.4, 0.5) is 0 Å². The van der Waals surface area contributed by atoms with E-state index in [0.717, 1.165) is 18.7 Å². The summed E-state index contributed by atoms with van der Waals surface area (Å²) in [5, 5.41) is 0.509. The van der Waals surface area contributed by atoms with E-state index in [1.54, 1.807) is 6.07 Å². The number of ether oxygens (including phenoxy) is 2. The number of rotatable bonds is 4. The predicted octanol–water partition coefficient (Wildman–Crippen LogP) is 2.82. The number of pyridine rings is 1. The SMILES string of the molecule is Clc1cccc(COCC2CCCCO2)n1. The van der Waals surface area contributed by atoms with Gasteiger partial charge in [-0.15, -0.1) is 0 Å². The van der Waals surface area contributed by atoms with Crippen molar-refractivity contribution in [3.63, 3.8) is 0 Å². The van der Waals surface area contributed by atoms with Crippen molar-refractivity contribution in [1.82, 2.24) is 4.98 Å². The molecule has 1 saturated heterocycles. The molecule has 0 aliphatic carbocycles. The van der Waals surface area contributed by atoms with Crippen LogP contribution in [0.3, 0.4) is 0 Å². The third-order valence-electron chi connectivity index (χ3n) is 2.60. The van der Waals surface area contributed by atoms with Gasteiger partial charge in [-0.05, 0) is 31.4 Å². The van der Waals surface area contributed by atoms with Crippen molar-refractivity contribution in [3.05, 3.63) is 29.0 Å². The fourth-order valence-corrected chi connectivity index (χ4v) is 1.95. The van der Waals surface area contributed by atoms with Crippen LogP contribution >= 0.6 is 11.6 Å². The van der Waals surface area contributed by atoms with E-state index in [0.29, 0.717) is 18.4 Å². The van der Waals surface area contributed by atoms with Gasteiger partial charge in [0.1, 0.15) is 5.15 Å². The highest BCUT2D eigenvalue weighted by atomic mass is 35.5. The van der Waals surface area contributed by atoms with Gasteiger partial charge < -0.3 is 9.47 Å². The van der Waals surface area contributed by atoms with E-state index < -0.39 is 0 Å². The van der Waals surface area contributed by atoms with Crippen LogP contribution in [0, 0.1) is 0 Å². The molecule has 4 heteroatoms. The number of halogens is 1. The lowest BCUT2D eigenvalue weighted by Gasteiger charge is -2.22. The molecule has 16 heavy (non-hydrogen) atoms. The first kappa shape index (κ1) is 11.8. The van der Waals surface area contributed by atoms with Gasteiger partial charge in [0.15, 0.2) is 0 Å². The molecular weight excluding hydrogens is 226 g/mol. The Morgan fingerprint density at radius 2 is 2.38 bits per heavy atom. The molecule has 3 nitrogen and oxygen atoms in total. The van der Waals surface area contributed by atoms with Crippen LogP contribution in [0.5, 0.6) is 0 Å². The highest BCUT2D eigenvalue weighted by Gasteiger charge is 2.13. The van der Waals surface area contributed by atoms with E-state index in [1.807, 2.05) is 12.1 Å². The molecule has 0 N–H and O–H groups in total. The molecule has 1 aromatic rings. The Labute approximate surface area is 101 Å². The normalized spacial score (nSPS) is 20.9. The Morgan fingerprint density at radius 1 is 1.44 bits per heavy atom. The lowest BCUT2D eigenvalue weighted by atomic mass is 10.1. The zero-order valence-electron chi connectivity index (χ0n) is 9.19. The molecule has 2 heterocycles. The van der Waals surface area contributed by atoms with E-state index in [2.05, 4.69) is 4.98 Å². The molecule has 88 valence electrons.